The van der Waals surface area contributed by atoms with Crippen molar-refractivity contribution in [3.63, 3.8) is 0 Å². The number of hydrogen-bond acceptors (Lipinski definition) is 8. The molecule has 2 heterocycles. The number of anilines is 1. The van der Waals surface area contributed by atoms with Crippen molar-refractivity contribution in [1.82, 2.24) is 15.2 Å². The molecule has 1 amide bonds. The van der Waals surface area contributed by atoms with Crippen molar-refractivity contribution in [1.29, 1.82) is 0 Å². The zero-order valence-electron chi connectivity index (χ0n) is 14.5. The van der Waals surface area contributed by atoms with E-state index in [0.29, 0.717) is 9.90 Å². The SMILES string of the molecule is Cc1cc(C)c(NC(=O)CSc2nnc(-c3ccncc3)s2)c([N+](=O)[O-])c1. The molecule has 0 saturated carbocycles. The predicted molar refractivity (Wildman–Crippen MR) is 105 cm³/mol. The fraction of sp³-hybridized carbons (Fsp3) is 0.176. The molecule has 0 unspecified atom stereocenters. The van der Waals surface area contributed by atoms with Crippen molar-refractivity contribution in [2.24, 2.45) is 0 Å². The van der Waals surface area contributed by atoms with Gasteiger partial charge in [0, 0.05) is 24.0 Å². The molecule has 0 bridgehead atoms. The van der Waals surface area contributed by atoms with Crippen LogP contribution in [0.1, 0.15) is 11.1 Å². The van der Waals surface area contributed by atoms with Gasteiger partial charge in [-0.3, -0.25) is 19.9 Å². The van der Waals surface area contributed by atoms with E-state index in [1.54, 1.807) is 32.3 Å². The maximum absolute atomic E-state index is 12.3. The van der Waals surface area contributed by atoms with Crippen LogP contribution in [-0.2, 0) is 4.79 Å². The second-order valence-electron chi connectivity index (χ2n) is 5.68. The second-order valence-corrected chi connectivity index (χ2v) is 7.88. The van der Waals surface area contributed by atoms with E-state index in [9.17, 15) is 14.9 Å². The summed E-state index contributed by atoms with van der Waals surface area (Å²) in [6.07, 6.45) is 3.35. The van der Waals surface area contributed by atoms with Gasteiger partial charge in [0.15, 0.2) is 4.34 Å². The van der Waals surface area contributed by atoms with Crippen LogP contribution < -0.4 is 5.32 Å². The average Bonchev–Trinajstić information content (AvgIpc) is 3.11. The summed E-state index contributed by atoms with van der Waals surface area (Å²) in [5, 5.41) is 22.8. The number of hydrogen-bond donors (Lipinski definition) is 1. The summed E-state index contributed by atoms with van der Waals surface area (Å²) < 4.78 is 0.645. The van der Waals surface area contributed by atoms with Gasteiger partial charge >= 0.3 is 0 Å². The van der Waals surface area contributed by atoms with Crippen molar-refractivity contribution in [3.8, 4) is 10.6 Å². The molecule has 3 rings (SSSR count). The van der Waals surface area contributed by atoms with Crippen LogP contribution >= 0.6 is 23.1 Å². The van der Waals surface area contributed by atoms with E-state index in [-0.39, 0.29) is 23.0 Å². The van der Waals surface area contributed by atoms with Crippen LogP contribution in [0, 0.1) is 24.0 Å². The van der Waals surface area contributed by atoms with Crippen LogP contribution in [0.15, 0.2) is 41.0 Å². The monoisotopic (exact) mass is 401 g/mol. The molecule has 3 aromatic rings. The third-order valence-corrected chi connectivity index (χ3v) is 5.69. The number of aromatic nitrogens is 3. The maximum atomic E-state index is 12.3. The molecule has 0 saturated heterocycles. The Morgan fingerprint density at radius 2 is 2.00 bits per heavy atom. The Hall–Kier alpha value is -2.85. The van der Waals surface area contributed by atoms with Gasteiger partial charge in [-0.05, 0) is 37.1 Å². The standard InChI is InChI=1S/C17H15N5O3S2/c1-10-7-11(2)15(13(8-10)22(24)25)19-14(23)9-26-17-21-20-16(27-17)12-3-5-18-6-4-12/h3-8H,9H2,1-2H3,(H,19,23). The van der Waals surface area contributed by atoms with E-state index < -0.39 is 4.92 Å². The molecule has 0 aliphatic heterocycles. The van der Waals surface area contributed by atoms with Crippen molar-refractivity contribution in [2.45, 2.75) is 18.2 Å². The smallest absolute Gasteiger partial charge is 0.293 e. The summed E-state index contributed by atoms with van der Waals surface area (Å²) in [4.78, 5) is 27.0. The van der Waals surface area contributed by atoms with Crippen LogP contribution in [0.2, 0.25) is 0 Å². The maximum Gasteiger partial charge on any atom is 0.293 e. The van der Waals surface area contributed by atoms with Gasteiger partial charge < -0.3 is 5.32 Å². The topological polar surface area (TPSA) is 111 Å². The minimum absolute atomic E-state index is 0.0788. The number of benzene rings is 1. The van der Waals surface area contributed by atoms with Gasteiger partial charge in [0.2, 0.25) is 5.91 Å². The highest BCUT2D eigenvalue weighted by Crippen LogP contribution is 2.31. The Balaban J connectivity index is 1.66. The number of nitrogens with one attached hydrogen (secondary N) is 1. The molecular weight excluding hydrogens is 386 g/mol. The molecule has 1 N–H and O–H groups in total. The molecule has 0 radical (unpaired) electrons. The van der Waals surface area contributed by atoms with Crippen molar-refractivity contribution < 1.29 is 9.72 Å². The molecule has 27 heavy (non-hydrogen) atoms. The van der Waals surface area contributed by atoms with Gasteiger partial charge in [-0.2, -0.15) is 0 Å². The lowest BCUT2D eigenvalue weighted by atomic mass is 10.1. The zero-order valence-corrected chi connectivity index (χ0v) is 16.1. The van der Waals surface area contributed by atoms with Gasteiger partial charge in [0.25, 0.3) is 5.69 Å². The number of rotatable bonds is 6. The Morgan fingerprint density at radius 1 is 1.26 bits per heavy atom. The van der Waals surface area contributed by atoms with E-state index in [2.05, 4.69) is 20.5 Å². The van der Waals surface area contributed by atoms with Gasteiger partial charge in [-0.1, -0.05) is 29.2 Å². The highest BCUT2D eigenvalue weighted by Gasteiger charge is 2.19. The summed E-state index contributed by atoms with van der Waals surface area (Å²) in [5.74, 6) is -0.258. The fourth-order valence-electron chi connectivity index (χ4n) is 2.43. The molecule has 0 spiro atoms. The lowest BCUT2D eigenvalue weighted by molar-refractivity contribution is -0.384. The quantitative estimate of drug-likeness (QED) is 0.379. The number of nitro benzene ring substituents is 1. The van der Waals surface area contributed by atoms with Crippen molar-refractivity contribution in [3.05, 3.63) is 57.9 Å². The van der Waals surface area contributed by atoms with E-state index in [1.165, 1.54) is 29.2 Å². The number of nitro groups is 1. The lowest BCUT2D eigenvalue weighted by Gasteiger charge is -2.09. The second kappa shape index (κ2) is 8.23. The predicted octanol–water partition coefficient (Wildman–Crippen LogP) is 3.86. The lowest BCUT2D eigenvalue weighted by Crippen LogP contribution is -2.16. The Kier molecular flexibility index (Phi) is 5.77. The minimum atomic E-state index is -0.492. The summed E-state index contributed by atoms with van der Waals surface area (Å²) in [5.41, 5.74) is 2.44. The summed E-state index contributed by atoms with van der Waals surface area (Å²) in [6, 6.07) is 6.91. The van der Waals surface area contributed by atoms with E-state index in [1.807, 2.05) is 12.1 Å². The first kappa shape index (κ1) is 18.9. The molecule has 0 aliphatic carbocycles. The fourth-order valence-corrected chi connectivity index (χ4v) is 4.09. The van der Waals surface area contributed by atoms with E-state index in [4.69, 9.17) is 0 Å². The zero-order chi connectivity index (χ0) is 19.4. The third kappa shape index (κ3) is 4.66. The number of carbonyl (C=O) groups is 1. The number of thioether (sulfide) groups is 1. The van der Waals surface area contributed by atoms with Gasteiger partial charge in [-0.25, -0.2) is 0 Å². The van der Waals surface area contributed by atoms with Crippen LogP contribution in [0.4, 0.5) is 11.4 Å². The van der Waals surface area contributed by atoms with Crippen molar-refractivity contribution in [2.75, 3.05) is 11.1 Å². The average molecular weight is 401 g/mol. The van der Waals surface area contributed by atoms with Gasteiger partial charge in [0.05, 0.1) is 10.7 Å². The summed E-state index contributed by atoms with van der Waals surface area (Å²) in [6.45, 7) is 3.51. The first-order chi connectivity index (χ1) is 12.9. The molecule has 0 fully saturated rings. The third-order valence-electron chi connectivity index (χ3n) is 3.58. The van der Waals surface area contributed by atoms with Crippen LogP contribution in [-0.4, -0.2) is 31.8 Å². The molecule has 1 aromatic carbocycles. The molecule has 0 atom stereocenters. The van der Waals surface area contributed by atoms with Crippen LogP contribution in [0.5, 0.6) is 0 Å². The molecule has 2 aromatic heterocycles. The minimum Gasteiger partial charge on any atom is -0.319 e. The summed E-state index contributed by atoms with van der Waals surface area (Å²) >= 11 is 2.61. The highest BCUT2D eigenvalue weighted by molar-refractivity contribution is 8.01. The molecule has 138 valence electrons. The number of pyridine rings is 1. The Morgan fingerprint density at radius 3 is 2.70 bits per heavy atom. The number of aryl methyl sites for hydroxylation is 2. The largest absolute Gasteiger partial charge is 0.319 e. The van der Waals surface area contributed by atoms with Crippen molar-refractivity contribution >= 4 is 40.4 Å². The summed E-state index contributed by atoms with van der Waals surface area (Å²) in [7, 11) is 0. The van der Waals surface area contributed by atoms with Gasteiger partial charge in [0.1, 0.15) is 10.7 Å². The Labute approximate surface area is 163 Å². The molecule has 10 heteroatoms. The number of carbonyl (C=O) groups excluding carboxylic acids is 1. The molecule has 0 aliphatic rings. The molecular formula is C17H15N5O3S2. The van der Waals surface area contributed by atoms with Gasteiger partial charge in [-0.15, -0.1) is 10.2 Å². The Bertz CT molecular complexity index is 991. The van der Waals surface area contributed by atoms with Crippen LogP contribution in [0.25, 0.3) is 10.6 Å². The van der Waals surface area contributed by atoms with E-state index >= 15 is 0 Å². The molecule has 8 nitrogen and oxygen atoms in total. The van der Waals surface area contributed by atoms with E-state index in [0.717, 1.165) is 16.1 Å². The number of amides is 1. The highest BCUT2D eigenvalue weighted by atomic mass is 32.2. The first-order valence-electron chi connectivity index (χ1n) is 7.86. The number of nitrogens with zero attached hydrogens (tertiary/aromatic N) is 4. The normalized spacial score (nSPS) is 10.6. The first-order valence-corrected chi connectivity index (χ1v) is 9.66. The van der Waals surface area contributed by atoms with Crippen LogP contribution in [0.3, 0.4) is 0 Å².